The molecule has 1 aromatic heterocycles. The zero-order chi connectivity index (χ0) is 18.0. The average Bonchev–Trinajstić information content (AvgIpc) is 2.93. The predicted molar refractivity (Wildman–Crippen MR) is 102 cm³/mol. The van der Waals surface area contributed by atoms with Crippen LogP contribution in [-0.4, -0.2) is 15.5 Å². The number of fused-ring (bicyclic) bond motifs is 1. The van der Waals surface area contributed by atoms with Gasteiger partial charge in [-0.1, -0.05) is 49.7 Å². The number of hydrogen-bond donors (Lipinski definition) is 1. The van der Waals surface area contributed by atoms with Crippen molar-refractivity contribution in [2.24, 2.45) is 5.92 Å². The quantitative estimate of drug-likeness (QED) is 0.712. The van der Waals surface area contributed by atoms with Gasteiger partial charge >= 0.3 is 0 Å². The van der Waals surface area contributed by atoms with Crippen molar-refractivity contribution in [1.82, 2.24) is 14.9 Å². The van der Waals surface area contributed by atoms with Crippen LogP contribution in [0.5, 0.6) is 0 Å². The van der Waals surface area contributed by atoms with Crippen LogP contribution in [0.25, 0.3) is 11.0 Å². The van der Waals surface area contributed by atoms with Crippen LogP contribution in [0.2, 0.25) is 5.02 Å². The molecule has 4 nitrogen and oxygen atoms in total. The van der Waals surface area contributed by atoms with E-state index in [4.69, 9.17) is 16.6 Å². The minimum Gasteiger partial charge on any atom is -0.342 e. The van der Waals surface area contributed by atoms with Crippen LogP contribution in [0, 0.1) is 5.92 Å². The Kier molecular flexibility index (Phi) is 5.09. The molecule has 130 valence electrons. The van der Waals surface area contributed by atoms with E-state index in [2.05, 4.69) is 29.8 Å². The van der Waals surface area contributed by atoms with Crippen molar-refractivity contribution in [1.29, 1.82) is 0 Å². The number of halogens is 1. The number of nitrogens with one attached hydrogen (secondary N) is 1. The summed E-state index contributed by atoms with van der Waals surface area (Å²) in [5, 5.41) is 3.47. The Hall–Kier alpha value is -2.33. The molecule has 0 aliphatic carbocycles. The highest BCUT2D eigenvalue weighted by Crippen LogP contribution is 2.23. The fourth-order valence-electron chi connectivity index (χ4n) is 2.97. The second-order valence-corrected chi connectivity index (χ2v) is 7.05. The first-order valence-corrected chi connectivity index (χ1v) is 8.85. The van der Waals surface area contributed by atoms with Crippen molar-refractivity contribution >= 4 is 28.5 Å². The Morgan fingerprint density at radius 1 is 1.12 bits per heavy atom. The summed E-state index contributed by atoms with van der Waals surface area (Å²) >= 11 is 6.13. The lowest BCUT2D eigenvalue weighted by atomic mass is 10.2. The van der Waals surface area contributed by atoms with Gasteiger partial charge in [-0.15, -0.1) is 0 Å². The zero-order valence-electron chi connectivity index (χ0n) is 14.7. The predicted octanol–water partition coefficient (Wildman–Crippen LogP) is 4.84. The van der Waals surface area contributed by atoms with Gasteiger partial charge in [0.05, 0.1) is 27.7 Å². The maximum atomic E-state index is 12.6. The Balaban J connectivity index is 1.92. The summed E-state index contributed by atoms with van der Waals surface area (Å²) in [5.41, 5.74) is 2.50. The van der Waals surface area contributed by atoms with Gasteiger partial charge in [-0.25, -0.2) is 4.98 Å². The van der Waals surface area contributed by atoms with E-state index in [9.17, 15) is 4.79 Å². The molecule has 0 saturated carbocycles. The molecule has 1 amide bonds. The van der Waals surface area contributed by atoms with Crippen molar-refractivity contribution < 1.29 is 4.79 Å². The minimum atomic E-state index is -0.227. The normalized spacial score (nSPS) is 12.5. The Bertz CT molecular complexity index is 901. The van der Waals surface area contributed by atoms with Crippen LogP contribution in [0.15, 0.2) is 48.5 Å². The fourth-order valence-corrected chi connectivity index (χ4v) is 3.19. The standard InChI is InChI=1S/C20H22ClN3O/c1-13(2)12-24-18-11-7-6-10-17(18)23-19(24)14(3)22-20(25)15-8-4-5-9-16(15)21/h4-11,13-14H,12H2,1-3H3,(H,22,25). The second kappa shape index (κ2) is 7.28. The van der Waals surface area contributed by atoms with Crippen LogP contribution in [0.4, 0.5) is 0 Å². The molecule has 1 N–H and O–H groups in total. The summed E-state index contributed by atoms with van der Waals surface area (Å²) in [4.78, 5) is 17.3. The topological polar surface area (TPSA) is 46.9 Å². The smallest absolute Gasteiger partial charge is 0.253 e. The number of amides is 1. The molecule has 3 aromatic rings. The molecule has 5 heteroatoms. The number of benzene rings is 2. The monoisotopic (exact) mass is 355 g/mol. The summed E-state index contributed by atoms with van der Waals surface area (Å²) in [5.74, 6) is 1.14. The Morgan fingerprint density at radius 2 is 1.80 bits per heavy atom. The van der Waals surface area contributed by atoms with Crippen molar-refractivity contribution in [2.45, 2.75) is 33.4 Å². The van der Waals surface area contributed by atoms with Crippen molar-refractivity contribution in [3.63, 3.8) is 0 Å². The zero-order valence-corrected chi connectivity index (χ0v) is 15.4. The molecule has 0 bridgehead atoms. The number of aromatic nitrogens is 2. The molecule has 3 rings (SSSR count). The van der Waals surface area contributed by atoms with E-state index < -0.39 is 0 Å². The van der Waals surface area contributed by atoms with E-state index in [-0.39, 0.29) is 11.9 Å². The van der Waals surface area contributed by atoms with Crippen LogP contribution < -0.4 is 5.32 Å². The number of para-hydroxylation sites is 2. The van der Waals surface area contributed by atoms with E-state index in [1.165, 1.54) is 0 Å². The van der Waals surface area contributed by atoms with Crippen LogP contribution >= 0.6 is 11.6 Å². The molecule has 1 heterocycles. The lowest BCUT2D eigenvalue weighted by molar-refractivity contribution is 0.0937. The van der Waals surface area contributed by atoms with Crippen molar-refractivity contribution in [3.05, 3.63) is 64.9 Å². The van der Waals surface area contributed by atoms with Crippen LogP contribution in [0.3, 0.4) is 0 Å². The maximum Gasteiger partial charge on any atom is 0.253 e. The largest absolute Gasteiger partial charge is 0.342 e. The lowest BCUT2D eigenvalue weighted by Crippen LogP contribution is -2.29. The molecule has 0 fully saturated rings. The second-order valence-electron chi connectivity index (χ2n) is 6.64. The molecular formula is C20H22ClN3O. The number of imidazole rings is 1. The van der Waals surface area contributed by atoms with Gasteiger partial charge in [0.15, 0.2) is 0 Å². The SMILES string of the molecule is CC(C)Cn1c(C(C)NC(=O)c2ccccc2Cl)nc2ccccc21. The van der Waals surface area contributed by atoms with E-state index in [0.29, 0.717) is 16.5 Å². The number of carbonyl (C=O) groups is 1. The maximum absolute atomic E-state index is 12.6. The molecule has 1 unspecified atom stereocenters. The third kappa shape index (κ3) is 3.69. The summed E-state index contributed by atoms with van der Waals surface area (Å²) in [7, 11) is 0. The van der Waals surface area contributed by atoms with Crippen LogP contribution in [-0.2, 0) is 6.54 Å². The minimum absolute atomic E-state index is 0.193. The molecule has 0 spiro atoms. The van der Waals surface area contributed by atoms with E-state index in [1.54, 1.807) is 18.2 Å². The first-order valence-electron chi connectivity index (χ1n) is 8.48. The number of nitrogens with zero attached hydrogens (tertiary/aromatic N) is 2. The van der Waals surface area contributed by atoms with E-state index >= 15 is 0 Å². The van der Waals surface area contributed by atoms with Crippen molar-refractivity contribution in [3.8, 4) is 0 Å². The third-order valence-electron chi connectivity index (χ3n) is 4.09. The molecule has 2 aromatic carbocycles. The Morgan fingerprint density at radius 3 is 2.52 bits per heavy atom. The van der Waals surface area contributed by atoms with E-state index in [0.717, 1.165) is 23.4 Å². The van der Waals surface area contributed by atoms with Gasteiger partial charge in [-0.3, -0.25) is 4.79 Å². The van der Waals surface area contributed by atoms with Gasteiger partial charge in [-0.2, -0.15) is 0 Å². The molecule has 0 aliphatic heterocycles. The van der Waals surface area contributed by atoms with Crippen LogP contribution in [0.1, 0.15) is 43.0 Å². The molecule has 0 aliphatic rings. The third-order valence-corrected chi connectivity index (χ3v) is 4.41. The van der Waals surface area contributed by atoms with E-state index in [1.807, 2.05) is 31.2 Å². The molecule has 0 radical (unpaired) electrons. The number of rotatable bonds is 5. The van der Waals surface area contributed by atoms with Gasteiger partial charge in [0.25, 0.3) is 5.91 Å². The molecule has 25 heavy (non-hydrogen) atoms. The molecule has 1 atom stereocenters. The number of hydrogen-bond acceptors (Lipinski definition) is 2. The Labute approximate surface area is 152 Å². The first-order chi connectivity index (χ1) is 12.0. The molecular weight excluding hydrogens is 334 g/mol. The molecule has 0 saturated heterocycles. The van der Waals surface area contributed by atoms with Gasteiger partial charge in [0, 0.05) is 6.54 Å². The van der Waals surface area contributed by atoms with Gasteiger partial charge in [0.1, 0.15) is 5.82 Å². The highest BCUT2D eigenvalue weighted by atomic mass is 35.5. The average molecular weight is 356 g/mol. The fraction of sp³-hybridized carbons (Fsp3) is 0.300. The summed E-state index contributed by atoms with van der Waals surface area (Å²) in [6.07, 6.45) is 0. The summed E-state index contributed by atoms with van der Waals surface area (Å²) in [6, 6.07) is 14.9. The summed E-state index contributed by atoms with van der Waals surface area (Å²) < 4.78 is 2.19. The highest BCUT2D eigenvalue weighted by Gasteiger charge is 2.20. The summed E-state index contributed by atoms with van der Waals surface area (Å²) in [6.45, 7) is 7.14. The highest BCUT2D eigenvalue weighted by molar-refractivity contribution is 6.33. The number of carbonyl (C=O) groups excluding carboxylic acids is 1. The van der Waals surface area contributed by atoms with Crippen molar-refractivity contribution in [2.75, 3.05) is 0 Å². The lowest BCUT2D eigenvalue weighted by Gasteiger charge is -2.18. The first kappa shape index (κ1) is 17.5. The van der Waals surface area contributed by atoms with Gasteiger partial charge < -0.3 is 9.88 Å². The van der Waals surface area contributed by atoms with Gasteiger partial charge in [0.2, 0.25) is 0 Å². The van der Waals surface area contributed by atoms with Gasteiger partial charge in [-0.05, 0) is 37.1 Å².